The van der Waals surface area contributed by atoms with E-state index in [1.54, 1.807) is 42.5 Å². The summed E-state index contributed by atoms with van der Waals surface area (Å²) >= 11 is 17.6. The lowest BCUT2D eigenvalue weighted by Gasteiger charge is -2.07. The molecule has 0 atom stereocenters. The van der Waals surface area contributed by atoms with Gasteiger partial charge < -0.3 is 10.6 Å². The number of nitrogens with zero attached hydrogens (tertiary/aromatic N) is 1. The summed E-state index contributed by atoms with van der Waals surface area (Å²) in [5, 5.41) is 16.1. The number of anilines is 1. The molecular weight excluding hydrogens is 369 g/mol. The Morgan fingerprint density at radius 1 is 1.08 bits per heavy atom. The van der Waals surface area contributed by atoms with Crippen molar-refractivity contribution in [2.45, 2.75) is 6.54 Å². The smallest absolute Gasteiger partial charge is 0.263 e. The van der Waals surface area contributed by atoms with Gasteiger partial charge in [-0.3, -0.25) is 4.79 Å². The van der Waals surface area contributed by atoms with E-state index in [1.807, 2.05) is 6.07 Å². The Morgan fingerprint density at radius 3 is 2.38 bits per heavy atom. The maximum absolute atomic E-state index is 12.1. The molecule has 0 aliphatic carbocycles. The van der Waals surface area contributed by atoms with Crippen LogP contribution in [-0.2, 0) is 11.3 Å². The molecule has 2 aromatic carbocycles. The first-order valence-electron chi connectivity index (χ1n) is 6.84. The molecule has 0 radical (unpaired) electrons. The highest BCUT2D eigenvalue weighted by Gasteiger charge is 2.09. The second-order valence-corrected chi connectivity index (χ2v) is 6.03. The van der Waals surface area contributed by atoms with Gasteiger partial charge in [0.15, 0.2) is 0 Å². The molecule has 0 saturated heterocycles. The third kappa shape index (κ3) is 5.17. The van der Waals surface area contributed by atoms with Gasteiger partial charge in [-0.1, -0.05) is 46.9 Å². The van der Waals surface area contributed by atoms with Crippen molar-refractivity contribution in [2.24, 2.45) is 0 Å². The summed E-state index contributed by atoms with van der Waals surface area (Å²) in [6, 6.07) is 13.8. The lowest BCUT2D eigenvalue weighted by molar-refractivity contribution is -0.117. The van der Waals surface area contributed by atoms with E-state index in [4.69, 9.17) is 40.1 Å². The van der Waals surface area contributed by atoms with Gasteiger partial charge in [-0.05, 0) is 35.9 Å². The molecule has 2 rings (SSSR count). The maximum atomic E-state index is 12.1. The largest absolute Gasteiger partial charge is 0.359 e. The third-order valence-electron chi connectivity index (χ3n) is 3.03. The molecule has 0 aromatic heterocycles. The third-order valence-corrected chi connectivity index (χ3v) is 3.83. The first-order valence-corrected chi connectivity index (χ1v) is 7.97. The Labute approximate surface area is 154 Å². The van der Waals surface area contributed by atoms with Crippen molar-refractivity contribution in [3.63, 3.8) is 0 Å². The summed E-state index contributed by atoms with van der Waals surface area (Å²) in [6.45, 7) is 0.288. The lowest BCUT2D eigenvalue weighted by Crippen LogP contribution is -2.24. The summed E-state index contributed by atoms with van der Waals surface area (Å²) in [7, 11) is 0. The van der Waals surface area contributed by atoms with Gasteiger partial charge in [-0.25, -0.2) is 0 Å². The maximum Gasteiger partial charge on any atom is 0.263 e. The van der Waals surface area contributed by atoms with Crippen molar-refractivity contribution in [2.75, 3.05) is 5.32 Å². The highest BCUT2D eigenvalue weighted by molar-refractivity contribution is 6.36. The monoisotopic (exact) mass is 379 g/mol. The zero-order valence-electron chi connectivity index (χ0n) is 12.3. The van der Waals surface area contributed by atoms with Gasteiger partial charge in [-0.2, -0.15) is 5.26 Å². The summed E-state index contributed by atoms with van der Waals surface area (Å²) in [4.78, 5) is 12.1. The van der Waals surface area contributed by atoms with Crippen LogP contribution in [0.3, 0.4) is 0 Å². The van der Waals surface area contributed by atoms with Gasteiger partial charge in [0.1, 0.15) is 11.6 Å². The molecule has 0 saturated carbocycles. The van der Waals surface area contributed by atoms with Crippen molar-refractivity contribution in [1.82, 2.24) is 5.32 Å². The first kappa shape index (κ1) is 18.2. The van der Waals surface area contributed by atoms with Crippen LogP contribution in [0.15, 0.2) is 54.2 Å². The number of nitrogens with one attached hydrogen (secondary N) is 2. The summed E-state index contributed by atoms with van der Waals surface area (Å²) in [5.74, 6) is -0.495. The zero-order valence-corrected chi connectivity index (χ0v) is 14.6. The van der Waals surface area contributed by atoms with E-state index in [9.17, 15) is 4.79 Å². The Morgan fingerprint density at radius 2 is 1.75 bits per heavy atom. The molecule has 0 heterocycles. The number of hydrogen-bond acceptors (Lipinski definition) is 3. The molecule has 0 unspecified atom stereocenters. The average molecular weight is 381 g/mol. The summed E-state index contributed by atoms with van der Waals surface area (Å²) in [5.41, 5.74) is 1.34. The van der Waals surface area contributed by atoms with Crippen LogP contribution in [0.2, 0.25) is 15.1 Å². The number of amides is 1. The molecule has 0 bridgehead atoms. The van der Waals surface area contributed by atoms with Crippen LogP contribution in [0.1, 0.15) is 5.56 Å². The van der Waals surface area contributed by atoms with E-state index < -0.39 is 5.91 Å². The van der Waals surface area contributed by atoms with Gasteiger partial charge >= 0.3 is 0 Å². The minimum Gasteiger partial charge on any atom is -0.359 e. The molecule has 7 heteroatoms. The van der Waals surface area contributed by atoms with Crippen LogP contribution in [-0.4, -0.2) is 5.91 Å². The fourth-order valence-electron chi connectivity index (χ4n) is 1.78. The van der Waals surface area contributed by atoms with Gasteiger partial charge in [0.25, 0.3) is 5.91 Å². The lowest BCUT2D eigenvalue weighted by atomic mass is 10.2. The van der Waals surface area contributed by atoms with E-state index in [1.165, 1.54) is 6.20 Å². The van der Waals surface area contributed by atoms with E-state index in [-0.39, 0.29) is 12.1 Å². The van der Waals surface area contributed by atoms with Crippen LogP contribution in [0.5, 0.6) is 0 Å². The predicted octanol–water partition coefficient (Wildman–Crippen LogP) is 4.78. The van der Waals surface area contributed by atoms with Crippen LogP contribution >= 0.6 is 34.8 Å². The molecule has 2 N–H and O–H groups in total. The van der Waals surface area contributed by atoms with Crippen LogP contribution < -0.4 is 10.6 Å². The summed E-state index contributed by atoms with van der Waals surface area (Å²) in [6.07, 6.45) is 1.30. The minimum atomic E-state index is -0.495. The van der Waals surface area contributed by atoms with Crippen molar-refractivity contribution >= 4 is 46.4 Å². The van der Waals surface area contributed by atoms with Crippen molar-refractivity contribution in [3.8, 4) is 6.07 Å². The number of hydrogen-bond donors (Lipinski definition) is 2. The number of carbonyl (C=O) groups is 1. The summed E-state index contributed by atoms with van der Waals surface area (Å²) < 4.78 is 0. The number of nitriles is 1. The van der Waals surface area contributed by atoms with E-state index in [0.717, 1.165) is 5.56 Å². The molecule has 0 aliphatic rings. The van der Waals surface area contributed by atoms with E-state index >= 15 is 0 Å². The van der Waals surface area contributed by atoms with Gasteiger partial charge in [0, 0.05) is 22.8 Å². The minimum absolute atomic E-state index is 0.0741. The SMILES string of the molecule is N#C/C(=C/Nc1ccc(Cl)cc1Cl)C(=O)NCc1ccc(Cl)cc1. The van der Waals surface area contributed by atoms with Gasteiger partial charge in [0.2, 0.25) is 0 Å². The molecule has 24 heavy (non-hydrogen) atoms. The zero-order chi connectivity index (χ0) is 17.5. The van der Waals surface area contributed by atoms with Gasteiger partial charge in [-0.15, -0.1) is 0 Å². The fraction of sp³-hybridized carbons (Fsp3) is 0.0588. The van der Waals surface area contributed by atoms with Crippen LogP contribution in [0.4, 0.5) is 5.69 Å². The fourth-order valence-corrected chi connectivity index (χ4v) is 2.37. The van der Waals surface area contributed by atoms with Crippen molar-refractivity contribution in [1.29, 1.82) is 5.26 Å². The van der Waals surface area contributed by atoms with Crippen LogP contribution in [0.25, 0.3) is 0 Å². The first-order chi connectivity index (χ1) is 11.5. The second kappa shape index (κ2) is 8.60. The molecule has 122 valence electrons. The number of carbonyl (C=O) groups excluding carboxylic acids is 1. The highest BCUT2D eigenvalue weighted by atomic mass is 35.5. The highest BCUT2D eigenvalue weighted by Crippen LogP contribution is 2.25. The molecular formula is C17H12Cl3N3O. The second-order valence-electron chi connectivity index (χ2n) is 4.75. The quantitative estimate of drug-likeness (QED) is 0.579. The Balaban J connectivity index is 2.00. The molecule has 0 spiro atoms. The molecule has 0 aliphatic heterocycles. The standard InChI is InChI=1S/C17H12Cl3N3O/c18-13-3-1-11(2-4-13)9-23-17(24)12(8-21)10-22-16-6-5-14(19)7-15(16)20/h1-7,10,22H,9H2,(H,23,24)/b12-10-. The van der Waals surface area contributed by atoms with Crippen molar-refractivity contribution < 1.29 is 4.79 Å². The van der Waals surface area contributed by atoms with E-state index in [0.29, 0.717) is 20.8 Å². The Hall–Kier alpha value is -2.19. The number of benzene rings is 2. The molecule has 1 amide bonds. The number of rotatable bonds is 5. The van der Waals surface area contributed by atoms with Crippen LogP contribution in [0, 0.1) is 11.3 Å². The van der Waals surface area contributed by atoms with Gasteiger partial charge in [0.05, 0.1) is 10.7 Å². The van der Waals surface area contributed by atoms with Crippen molar-refractivity contribution in [3.05, 3.63) is 74.9 Å². The predicted molar refractivity (Wildman–Crippen MR) is 97.1 cm³/mol. The topological polar surface area (TPSA) is 64.9 Å². The molecule has 4 nitrogen and oxygen atoms in total. The molecule has 2 aromatic rings. The normalized spacial score (nSPS) is 10.8. The Bertz CT molecular complexity index is 811. The van der Waals surface area contributed by atoms with E-state index in [2.05, 4.69) is 10.6 Å². The molecule has 0 fully saturated rings. The average Bonchev–Trinajstić information content (AvgIpc) is 2.56. The Kier molecular flexibility index (Phi) is 6.51. The number of halogens is 3.